The molecule has 1 saturated heterocycles. The third kappa shape index (κ3) is 3.02. The predicted molar refractivity (Wildman–Crippen MR) is 57.9 cm³/mol. The van der Waals surface area contributed by atoms with Gasteiger partial charge in [0, 0.05) is 25.4 Å². The molecule has 4 heteroatoms. The second-order valence-electron chi connectivity index (χ2n) is 4.79. The van der Waals surface area contributed by atoms with E-state index in [0.29, 0.717) is 25.3 Å². The van der Waals surface area contributed by atoms with E-state index in [4.69, 9.17) is 5.73 Å². The van der Waals surface area contributed by atoms with Crippen molar-refractivity contribution in [1.29, 1.82) is 0 Å². The van der Waals surface area contributed by atoms with Gasteiger partial charge in [-0.3, -0.25) is 14.5 Å². The van der Waals surface area contributed by atoms with Gasteiger partial charge >= 0.3 is 0 Å². The molecular formula is C11H20N2O2. The van der Waals surface area contributed by atoms with E-state index in [0.717, 1.165) is 0 Å². The number of hydrogen-bond donors (Lipinski definition) is 1. The molecule has 1 heterocycles. The number of hydrogen-bond acceptors (Lipinski definition) is 3. The van der Waals surface area contributed by atoms with Gasteiger partial charge in [0.25, 0.3) is 0 Å². The van der Waals surface area contributed by atoms with Gasteiger partial charge in [-0.15, -0.1) is 0 Å². The summed E-state index contributed by atoms with van der Waals surface area (Å²) in [6, 6.07) is -0.145. The SMILES string of the molecule is CC(N)CN1C(=O)CC(C(C)C)CC1=O. The minimum atomic E-state index is -0.145. The molecule has 4 nitrogen and oxygen atoms in total. The zero-order valence-electron chi connectivity index (χ0n) is 9.69. The molecule has 1 atom stereocenters. The Morgan fingerprint density at radius 3 is 2.07 bits per heavy atom. The molecule has 1 unspecified atom stereocenters. The molecule has 0 spiro atoms. The number of nitrogens with zero attached hydrogens (tertiary/aromatic N) is 1. The third-order valence-electron chi connectivity index (χ3n) is 2.89. The van der Waals surface area contributed by atoms with E-state index in [-0.39, 0.29) is 23.8 Å². The lowest BCUT2D eigenvalue weighted by molar-refractivity contribution is -0.151. The van der Waals surface area contributed by atoms with Crippen molar-refractivity contribution in [3.8, 4) is 0 Å². The Morgan fingerprint density at radius 1 is 1.27 bits per heavy atom. The summed E-state index contributed by atoms with van der Waals surface area (Å²) in [5, 5.41) is 0. The molecule has 2 amide bonds. The van der Waals surface area contributed by atoms with Crippen molar-refractivity contribution in [1.82, 2.24) is 4.90 Å². The van der Waals surface area contributed by atoms with Crippen LogP contribution in [0, 0.1) is 11.8 Å². The summed E-state index contributed by atoms with van der Waals surface area (Å²) in [4.78, 5) is 24.7. The highest BCUT2D eigenvalue weighted by Crippen LogP contribution is 2.26. The fourth-order valence-corrected chi connectivity index (χ4v) is 1.84. The molecule has 2 N–H and O–H groups in total. The summed E-state index contributed by atoms with van der Waals surface area (Å²) >= 11 is 0. The number of rotatable bonds is 3. The second kappa shape index (κ2) is 4.75. The van der Waals surface area contributed by atoms with Crippen LogP contribution in [0.1, 0.15) is 33.6 Å². The molecule has 15 heavy (non-hydrogen) atoms. The fraction of sp³-hybridized carbons (Fsp3) is 0.818. The largest absolute Gasteiger partial charge is 0.326 e. The molecule has 1 fully saturated rings. The highest BCUT2D eigenvalue weighted by molar-refractivity contribution is 5.98. The quantitative estimate of drug-likeness (QED) is 0.702. The van der Waals surface area contributed by atoms with Gasteiger partial charge in [-0.2, -0.15) is 0 Å². The van der Waals surface area contributed by atoms with Crippen molar-refractivity contribution >= 4 is 11.8 Å². The molecule has 0 saturated carbocycles. The Hall–Kier alpha value is -0.900. The van der Waals surface area contributed by atoms with E-state index in [9.17, 15) is 9.59 Å². The Bertz CT molecular complexity index is 243. The van der Waals surface area contributed by atoms with Crippen LogP contribution in [0.4, 0.5) is 0 Å². The first-order valence-electron chi connectivity index (χ1n) is 5.50. The van der Waals surface area contributed by atoms with Gasteiger partial charge < -0.3 is 5.73 Å². The van der Waals surface area contributed by atoms with E-state index in [1.54, 1.807) is 6.92 Å². The third-order valence-corrected chi connectivity index (χ3v) is 2.89. The first kappa shape index (κ1) is 12.2. The summed E-state index contributed by atoms with van der Waals surface area (Å²) in [6.07, 6.45) is 0.965. The van der Waals surface area contributed by atoms with Gasteiger partial charge in [-0.25, -0.2) is 0 Å². The van der Waals surface area contributed by atoms with Gasteiger partial charge in [0.1, 0.15) is 0 Å². The smallest absolute Gasteiger partial charge is 0.229 e. The monoisotopic (exact) mass is 212 g/mol. The normalized spacial score (nSPS) is 21.3. The molecule has 0 aliphatic carbocycles. The highest BCUT2D eigenvalue weighted by atomic mass is 16.2. The molecule has 1 aliphatic heterocycles. The van der Waals surface area contributed by atoms with Crippen LogP contribution >= 0.6 is 0 Å². The molecule has 0 aromatic heterocycles. The van der Waals surface area contributed by atoms with Crippen LogP contribution in [0.2, 0.25) is 0 Å². The number of imide groups is 1. The van der Waals surface area contributed by atoms with Crippen molar-refractivity contribution in [3.05, 3.63) is 0 Å². The van der Waals surface area contributed by atoms with Gasteiger partial charge in [-0.05, 0) is 18.8 Å². The number of carbonyl (C=O) groups is 2. The van der Waals surface area contributed by atoms with Crippen LogP contribution in [0.25, 0.3) is 0 Å². The minimum absolute atomic E-state index is 0.0674. The maximum Gasteiger partial charge on any atom is 0.229 e. The molecule has 1 aliphatic rings. The maximum atomic E-state index is 11.7. The van der Waals surface area contributed by atoms with Crippen LogP contribution in [-0.2, 0) is 9.59 Å². The summed E-state index contributed by atoms with van der Waals surface area (Å²) in [5.74, 6) is 0.453. The average Bonchev–Trinajstić information content (AvgIpc) is 2.10. The average molecular weight is 212 g/mol. The van der Waals surface area contributed by atoms with E-state index in [1.165, 1.54) is 4.90 Å². The molecule has 0 aromatic rings. The van der Waals surface area contributed by atoms with E-state index < -0.39 is 0 Å². The minimum Gasteiger partial charge on any atom is -0.326 e. The first-order valence-corrected chi connectivity index (χ1v) is 5.50. The lowest BCUT2D eigenvalue weighted by Gasteiger charge is -2.32. The van der Waals surface area contributed by atoms with Crippen molar-refractivity contribution in [2.75, 3.05) is 6.54 Å². The zero-order chi connectivity index (χ0) is 11.6. The van der Waals surface area contributed by atoms with E-state index in [1.807, 2.05) is 13.8 Å². The lowest BCUT2D eigenvalue weighted by atomic mass is 9.86. The number of piperidine rings is 1. The number of amides is 2. The molecule has 0 aromatic carbocycles. The Morgan fingerprint density at radius 2 is 1.73 bits per heavy atom. The highest BCUT2D eigenvalue weighted by Gasteiger charge is 2.33. The number of nitrogens with two attached hydrogens (primary N) is 1. The van der Waals surface area contributed by atoms with Crippen molar-refractivity contribution < 1.29 is 9.59 Å². The molecular weight excluding hydrogens is 192 g/mol. The Kier molecular flexibility index (Phi) is 3.85. The summed E-state index contributed by atoms with van der Waals surface area (Å²) in [6.45, 7) is 6.25. The predicted octanol–water partition coefficient (Wildman–Crippen LogP) is 0.755. The van der Waals surface area contributed by atoms with Gasteiger partial charge in [-0.1, -0.05) is 13.8 Å². The van der Waals surface area contributed by atoms with Crippen LogP contribution in [0.15, 0.2) is 0 Å². The van der Waals surface area contributed by atoms with Crippen molar-refractivity contribution in [2.24, 2.45) is 17.6 Å². The van der Waals surface area contributed by atoms with Crippen LogP contribution in [0.3, 0.4) is 0 Å². The van der Waals surface area contributed by atoms with Crippen molar-refractivity contribution in [3.63, 3.8) is 0 Å². The Balaban J connectivity index is 2.65. The topological polar surface area (TPSA) is 63.4 Å². The summed E-state index contributed by atoms with van der Waals surface area (Å²) in [5.41, 5.74) is 5.60. The maximum absolute atomic E-state index is 11.7. The summed E-state index contributed by atoms with van der Waals surface area (Å²) < 4.78 is 0. The Labute approximate surface area is 90.8 Å². The van der Waals surface area contributed by atoms with E-state index >= 15 is 0 Å². The van der Waals surface area contributed by atoms with Crippen LogP contribution < -0.4 is 5.73 Å². The summed E-state index contributed by atoms with van der Waals surface area (Å²) in [7, 11) is 0. The number of likely N-dealkylation sites (tertiary alicyclic amines) is 1. The molecule has 1 rings (SSSR count). The van der Waals surface area contributed by atoms with Gasteiger partial charge in [0.2, 0.25) is 11.8 Å². The molecule has 86 valence electrons. The second-order valence-corrected chi connectivity index (χ2v) is 4.79. The van der Waals surface area contributed by atoms with Crippen LogP contribution in [-0.4, -0.2) is 29.3 Å². The fourth-order valence-electron chi connectivity index (χ4n) is 1.84. The van der Waals surface area contributed by atoms with E-state index in [2.05, 4.69) is 0 Å². The van der Waals surface area contributed by atoms with Crippen LogP contribution in [0.5, 0.6) is 0 Å². The van der Waals surface area contributed by atoms with Gasteiger partial charge in [0.15, 0.2) is 0 Å². The molecule has 0 radical (unpaired) electrons. The number of carbonyl (C=O) groups excluding carboxylic acids is 2. The van der Waals surface area contributed by atoms with Crippen molar-refractivity contribution in [2.45, 2.75) is 39.7 Å². The zero-order valence-corrected chi connectivity index (χ0v) is 9.69. The first-order chi connectivity index (χ1) is 6.91. The van der Waals surface area contributed by atoms with Gasteiger partial charge in [0.05, 0.1) is 0 Å². The lowest BCUT2D eigenvalue weighted by Crippen LogP contribution is -2.48. The standard InChI is InChI=1S/C11H20N2O2/c1-7(2)9-4-10(14)13(6-8(3)12)11(15)5-9/h7-9H,4-6,12H2,1-3H3. The molecule has 0 bridgehead atoms.